The molecule has 23 heteroatoms. The summed E-state index contributed by atoms with van der Waals surface area (Å²) in [6.45, 7) is 17.5. The van der Waals surface area contributed by atoms with E-state index < -0.39 is 5.92 Å². The average Bonchev–Trinajstić information content (AvgIpc) is 1.69. The van der Waals surface area contributed by atoms with Crippen LogP contribution in [0, 0.1) is 26.6 Å². The fraction of sp³-hybridized carbons (Fsp3) is 0.359. The van der Waals surface area contributed by atoms with Gasteiger partial charge < -0.3 is 19.6 Å². The van der Waals surface area contributed by atoms with Gasteiger partial charge in [0, 0.05) is 153 Å². The number of halogens is 3. The fourth-order valence-electron chi connectivity index (χ4n) is 15.6. The van der Waals surface area contributed by atoms with Crippen molar-refractivity contribution >= 4 is 66.7 Å². The number of rotatable bonds is 9. The second-order valence-electron chi connectivity index (χ2n) is 28.2. The number of fused-ring (bicyclic) bond motifs is 6. The zero-order valence-corrected chi connectivity index (χ0v) is 57.8. The summed E-state index contributed by atoms with van der Waals surface area (Å²) in [5.74, 6) is -2.40. The Morgan fingerprint density at radius 2 is 1.00 bits per heavy atom. The smallest absolute Gasteiger partial charge is 0.272 e. The summed E-state index contributed by atoms with van der Waals surface area (Å²) in [5, 5.41) is 17.0. The second kappa shape index (κ2) is 27.8. The van der Waals surface area contributed by atoms with Crippen molar-refractivity contribution in [3.05, 3.63) is 194 Å². The van der Waals surface area contributed by atoms with Gasteiger partial charge in [-0.1, -0.05) is 29.8 Å². The van der Waals surface area contributed by atoms with E-state index in [0.717, 1.165) is 152 Å². The number of para-hydroxylation sites is 1. The van der Waals surface area contributed by atoms with Crippen LogP contribution in [0.25, 0.3) is 83.0 Å². The van der Waals surface area contributed by atoms with E-state index >= 15 is 0 Å². The number of benzene rings is 3. The number of nitrogens with zero attached hydrogens (tertiary/aromatic N) is 20. The van der Waals surface area contributed by atoms with E-state index in [1.807, 2.05) is 124 Å². The summed E-state index contributed by atoms with van der Waals surface area (Å²) in [6, 6.07) is 29.0. The average molecular weight is 1360 g/mol. The van der Waals surface area contributed by atoms with E-state index in [9.17, 15) is 13.2 Å². The monoisotopic (exact) mass is 1360 g/mol. The van der Waals surface area contributed by atoms with Gasteiger partial charge in [-0.15, -0.1) is 0 Å². The number of piperidine rings is 2. The number of anilines is 3. The van der Waals surface area contributed by atoms with Crippen molar-refractivity contribution in [3.8, 4) is 33.4 Å². The number of likely N-dealkylation sites (N-methyl/N-ethyl adjacent to an activating group) is 2. The first-order chi connectivity index (χ1) is 49.2. The van der Waals surface area contributed by atoms with Gasteiger partial charge in [0.2, 0.25) is 0 Å². The molecule has 0 bridgehead atoms. The molecule has 0 atom stereocenters. The van der Waals surface area contributed by atoms with Crippen molar-refractivity contribution in [1.82, 2.24) is 83.3 Å². The molecule has 5 saturated heterocycles. The molecule has 20 nitrogen and oxygen atoms in total. The summed E-state index contributed by atoms with van der Waals surface area (Å²) >= 11 is 0. The lowest BCUT2D eigenvalue weighted by molar-refractivity contribution is -0.0428. The van der Waals surface area contributed by atoms with Crippen LogP contribution in [-0.4, -0.2) is 207 Å². The molecule has 101 heavy (non-hydrogen) atoms. The minimum absolute atomic E-state index is 0.144. The SMILES string of the molecule is Cc1cc(-c2cnn3cc(N4CCC(N5CCN(C)CC(F)(F)C5)CC4)cnc23)c2ccccc2n1.Cc1cc2c(-c3cnn4cc(N5CC(c6ccncc6)C5)cnc34)ccnc2cc1F.Cc1ccc2nccc(-c3cnn4cc(N5CCC(N6CCCN(C)CC6)CC5)cnc34)c2c1. The lowest BCUT2D eigenvalue weighted by Gasteiger charge is -2.41. The number of hydrogen-bond donors (Lipinski definition) is 0. The van der Waals surface area contributed by atoms with E-state index in [2.05, 4.69) is 128 Å². The van der Waals surface area contributed by atoms with Gasteiger partial charge in [-0.3, -0.25) is 34.6 Å². The molecular formula is C78H83F3N20. The van der Waals surface area contributed by atoms with Crippen molar-refractivity contribution in [3.63, 3.8) is 0 Å². The molecule has 0 saturated carbocycles. The Hall–Kier alpha value is -10.1. The number of aryl methyl sites for hydroxylation is 3. The minimum atomic E-state index is -2.66. The lowest BCUT2D eigenvalue weighted by atomic mass is 9.92. The molecular weight excluding hydrogens is 1270 g/mol. The van der Waals surface area contributed by atoms with Crippen LogP contribution in [0.5, 0.6) is 0 Å². The van der Waals surface area contributed by atoms with Gasteiger partial charge >= 0.3 is 0 Å². The molecule has 0 amide bonds. The molecule has 0 radical (unpaired) electrons. The van der Waals surface area contributed by atoms with Crippen molar-refractivity contribution < 1.29 is 13.2 Å². The first-order valence-electron chi connectivity index (χ1n) is 35.3. The number of aromatic nitrogens is 13. The maximum atomic E-state index is 14.3. The maximum Gasteiger partial charge on any atom is 0.272 e. The summed E-state index contributed by atoms with van der Waals surface area (Å²) < 4.78 is 48.2. The Bertz CT molecular complexity index is 5130. The Labute approximate surface area is 584 Å². The molecule has 0 aliphatic carbocycles. The molecule has 0 spiro atoms. The molecule has 5 fully saturated rings. The first-order valence-corrected chi connectivity index (χ1v) is 35.3. The largest absolute Gasteiger partial charge is 0.369 e. The summed E-state index contributed by atoms with van der Waals surface area (Å²) in [4.78, 5) is 48.0. The van der Waals surface area contributed by atoms with Crippen LogP contribution in [0.3, 0.4) is 0 Å². The Morgan fingerprint density at radius 1 is 0.446 bits per heavy atom. The molecule has 516 valence electrons. The first kappa shape index (κ1) is 65.5. The van der Waals surface area contributed by atoms with Crippen LogP contribution >= 0.6 is 0 Å². The van der Waals surface area contributed by atoms with Crippen LogP contribution in [0.1, 0.15) is 60.4 Å². The highest BCUT2D eigenvalue weighted by atomic mass is 19.3. The maximum absolute atomic E-state index is 14.3. The Balaban J connectivity index is 0.000000118. The molecule has 18 rings (SSSR count). The van der Waals surface area contributed by atoms with E-state index in [0.29, 0.717) is 36.1 Å². The normalized spacial score (nSPS) is 18.1. The third-order valence-electron chi connectivity index (χ3n) is 21.2. The Kier molecular flexibility index (Phi) is 18.0. The molecule has 5 aliphatic rings. The van der Waals surface area contributed by atoms with Gasteiger partial charge in [-0.05, 0) is 162 Å². The summed E-state index contributed by atoms with van der Waals surface area (Å²) in [7, 11) is 4.02. The Morgan fingerprint density at radius 3 is 1.63 bits per heavy atom. The second-order valence-corrected chi connectivity index (χ2v) is 28.2. The van der Waals surface area contributed by atoms with Crippen molar-refractivity contribution in [2.24, 2.45) is 0 Å². The van der Waals surface area contributed by atoms with Gasteiger partial charge in [0.15, 0.2) is 16.9 Å². The third-order valence-corrected chi connectivity index (χ3v) is 21.2. The van der Waals surface area contributed by atoms with E-state index in [-0.39, 0.29) is 24.9 Å². The standard InChI is InChI=1S/C27H31F2N7.C27H33N7.C24H19FN6/c1-19-13-23(22-5-3-4-6-25(22)32-19)24-15-31-36-16-21(14-30-26(24)36)34-9-7-20(8-10-34)35-12-11-33(2)17-27(28,29)18-35;1-20-4-5-26-24(16-20)23(6-9-28-26)25-18-30-34-19-22(17-29-27(25)34)33-12-7-21(8-13-33)32-11-3-10-31(2)14-15-32;1-15-8-20-19(4-7-27-23(20)9-22(15)25)21-11-29-31-14-18(10-28-24(21)31)30-12-17(13-30)16-2-5-26-6-3-16/h3-6,13-16,20H,7-12,17-18H2,1-2H3;4-6,9,16-19,21H,3,7-8,10-15H2,1-2H3;2-11,14,17H,12-13H2,1H3. The fourth-order valence-corrected chi connectivity index (χ4v) is 15.6. The predicted molar refractivity (Wildman–Crippen MR) is 393 cm³/mol. The molecule has 3 aromatic carbocycles. The van der Waals surface area contributed by atoms with Crippen molar-refractivity contribution in [2.75, 3.05) is 120 Å². The molecule has 5 aliphatic heterocycles. The van der Waals surface area contributed by atoms with E-state index in [1.165, 1.54) is 62.6 Å². The lowest BCUT2D eigenvalue weighted by Crippen LogP contribution is -2.49. The molecule has 10 aromatic heterocycles. The van der Waals surface area contributed by atoms with Crippen molar-refractivity contribution in [2.45, 2.75) is 76.8 Å². The topological polar surface area (TPSA) is 165 Å². The third kappa shape index (κ3) is 13.6. The quantitative estimate of drug-likeness (QED) is 0.134. The highest BCUT2D eigenvalue weighted by Crippen LogP contribution is 2.38. The summed E-state index contributed by atoms with van der Waals surface area (Å²) in [5.41, 5.74) is 18.4. The van der Waals surface area contributed by atoms with Crippen LogP contribution in [0.15, 0.2) is 165 Å². The number of hydrogen-bond acceptors (Lipinski definition) is 17. The van der Waals surface area contributed by atoms with Gasteiger partial charge in [-0.25, -0.2) is 41.7 Å². The zero-order valence-electron chi connectivity index (χ0n) is 57.8. The zero-order chi connectivity index (χ0) is 68.9. The van der Waals surface area contributed by atoms with Gasteiger partial charge in [0.25, 0.3) is 5.92 Å². The van der Waals surface area contributed by atoms with Crippen molar-refractivity contribution in [1.29, 1.82) is 0 Å². The molecule has 0 N–H and O–H groups in total. The van der Waals surface area contributed by atoms with Crippen LogP contribution in [-0.2, 0) is 0 Å². The van der Waals surface area contributed by atoms with Crippen LogP contribution in [0.4, 0.5) is 30.2 Å². The molecule has 15 heterocycles. The van der Waals surface area contributed by atoms with Gasteiger partial charge in [-0.2, -0.15) is 15.3 Å². The van der Waals surface area contributed by atoms with Gasteiger partial charge in [0.05, 0.1) is 102 Å². The highest BCUT2D eigenvalue weighted by Gasteiger charge is 2.39. The van der Waals surface area contributed by atoms with Crippen LogP contribution < -0.4 is 14.7 Å². The van der Waals surface area contributed by atoms with E-state index in [1.54, 1.807) is 25.1 Å². The van der Waals surface area contributed by atoms with E-state index in [4.69, 9.17) is 15.0 Å². The number of alkyl halides is 2. The van der Waals surface area contributed by atoms with Crippen LogP contribution in [0.2, 0.25) is 0 Å². The van der Waals surface area contributed by atoms with Gasteiger partial charge in [0.1, 0.15) is 5.82 Å². The number of pyridine rings is 4. The predicted octanol–water partition coefficient (Wildman–Crippen LogP) is 12.4. The minimum Gasteiger partial charge on any atom is -0.369 e. The highest BCUT2D eigenvalue weighted by molar-refractivity contribution is 6.00. The molecule has 13 aromatic rings. The molecule has 0 unspecified atom stereocenters. The summed E-state index contributed by atoms with van der Waals surface area (Å²) in [6.07, 6.45) is 30.3.